The molecule has 0 aliphatic heterocycles. The van der Waals surface area contributed by atoms with Crippen molar-refractivity contribution in [1.29, 1.82) is 0 Å². The fourth-order valence-electron chi connectivity index (χ4n) is 1.71. The van der Waals surface area contributed by atoms with E-state index in [9.17, 15) is 4.39 Å². The maximum absolute atomic E-state index is 13.6. The van der Waals surface area contributed by atoms with E-state index in [4.69, 9.17) is 0 Å². The summed E-state index contributed by atoms with van der Waals surface area (Å²) in [7, 11) is 0. The topological polar surface area (TPSA) is 12.0 Å². The van der Waals surface area contributed by atoms with E-state index in [-0.39, 0.29) is 17.3 Å². The largest absolute Gasteiger partial charge is 0.311 e. The molecule has 1 nitrogen and oxygen atoms in total. The number of benzene rings is 1. The summed E-state index contributed by atoms with van der Waals surface area (Å²) < 4.78 is 13.6. The maximum atomic E-state index is 13.6. The first-order valence-corrected chi connectivity index (χ1v) is 5.93. The predicted octanol–water partition coefficient (Wildman–Crippen LogP) is 3.71. The smallest absolute Gasteiger partial charge is 0.126 e. The lowest BCUT2D eigenvalue weighted by Crippen LogP contribution is -2.38. The molecule has 1 atom stereocenters. The van der Waals surface area contributed by atoms with Crippen LogP contribution in [0.15, 0.2) is 24.3 Å². The summed E-state index contributed by atoms with van der Waals surface area (Å²) in [6, 6.07) is 7.06. The van der Waals surface area contributed by atoms with Crippen LogP contribution in [0.2, 0.25) is 0 Å². The zero-order chi connectivity index (χ0) is 12.2. The van der Waals surface area contributed by atoms with Gasteiger partial charge in [0.05, 0.1) is 0 Å². The van der Waals surface area contributed by atoms with Gasteiger partial charge in [-0.2, -0.15) is 0 Å². The Morgan fingerprint density at radius 3 is 2.38 bits per heavy atom. The third kappa shape index (κ3) is 3.93. The van der Waals surface area contributed by atoms with Crippen molar-refractivity contribution in [3.8, 4) is 0 Å². The molecule has 1 aromatic rings. The first-order valence-electron chi connectivity index (χ1n) is 5.93. The van der Waals surface area contributed by atoms with Crippen molar-refractivity contribution < 1.29 is 4.39 Å². The van der Waals surface area contributed by atoms with Crippen LogP contribution >= 0.6 is 0 Å². The second-order valence-electron chi connectivity index (χ2n) is 5.26. The summed E-state index contributed by atoms with van der Waals surface area (Å²) in [5.74, 6) is 0.158. The van der Waals surface area contributed by atoms with Gasteiger partial charge < -0.3 is 5.32 Å². The SMILES string of the molecule is CCC(CNC(C)(C)C)c1ccccc1F. The molecular formula is C14H22FN. The molecule has 0 radical (unpaired) electrons. The minimum absolute atomic E-state index is 0.0820. The third-order valence-corrected chi connectivity index (χ3v) is 2.72. The first kappa shape index (κ1) is 13.2. The van der Waals surface area contributed by atoms with E-state index >= 15 is 0 Å². The van der Waals surface area contributed by atoms with Gasteiger partial charge in [0.2, 0.25) is 0 Å². The van der Waals surface area contributed by atoms with Gasteiger partial charge in [0.1, 0.15) is 5.82 Å². The highest BCUT2D eigenvalue weighted by Gasteiger charge is 2.16. The van der Waals surface area contributed by atoms with E-state index in [0.717, 1.165) is 18.5 Å². The predicted molar refractivity (Wildman–Crippen MR) is 67.2 cm³/mol. The molecule has 0 aromatic heterocycles. The summed E-state index contributed by atoms with van der Waals surface area (Å²) in [5.41, 5.74) is 0.903. The molecule has 1 N–H and O–H groups in total. The van der Waals surface area contributed by atoms with Crippen molar-refractivity contribution >= 4 is 0 Å². The average molecular weight is 223 g/mol. The number of nitrogens with one attached hydrogen (secondary N) is 1. The molecule has 0 saturated heterocycles. The van der Waals surface area contributed by atoms with Crippen molar-refractivity contribution in [2.75, 3.05) is 6.54 Å². The normalized spacial score (nSPS) is 13.8. The van der Waals surface area contributed by atoms with Crippen LogP contribution in [0.1, 0.15) is 45.6 Å². The third-order valence-electron chi connectivity index (χ3n) is 2.72. The van der Waals surface area contributed by atoms with Gasteiger partial charge in [-0.05, 0) is 44.7 Å². The van der Waals surface area contributed by atoms with E-state index in [1.54, 1.807) is 6.07 Å². The Bertz CT molecular complexity index is 328. The molecule has 0 bridgehead atoms. The van der Waals surface area contributed by atoms with Crippen molar-refractivity contribution in [3.05, 3.63) is 35.6 Å². The van der Waals surface area contributed by atoms with Gasteiger partial charge >= 0.3 is 0 Å². The molecule has 1 rings (SSSR count). The average Bonchev–Trinajstić information content (AvgIpc) is 2.20. The standard InChI is InChI=1S/C14H22FN/c1-5-11(10-16-14(2,3)4)12-8-6-7-9-13(12)15/h6-9,11,16H,5,10H2,1-4H3. The Balaban J connectivity index is 2.72. The maximum Gasteiger partial charge on any atom is 0.126 e. The van der Waals surface area contributed by atoms with Gasteiger partial charge in [0.15, 0.2) is 0 Å². The molecule has 0 spiro atoms. The van der Waals surface area contributed by atoms with Crippen LogP contribution in [0.5, 0.6) is 0 Å². The number of halogens is 1. The molecule has 0 aliphatic carbocycles. The minimum Gasteiger partial charge on any atom is -0.311 e. The van der Waals surface area contributed by atoms with Gasteiger partial charge in [-0.3, -0.25) is 0 Å². The van der Waals surface area contributed by atoms with Crippen LogP contribution in [-0.4, -0.2) is 12.1 Å². The van der Waals surface area contributed by atoms with Crippen molar-refractivity contribution in [2.45, 2.75) is 45.6 Å². The summed E-state index contributed by atoms with van der Waals surface area (Å²) in [5, 5.41) is 3.43. The first-order chi connectivity index (χ1) is 7.44. The highest BCUT2D eigenvalue weighted by Crippen LogP contribution is 2.22. The van der Waals surface area contributed by atoms with Crippen LogP contribution in [0.4, 0.5) is 4.39 Å². The molecule has 0 saturated carbocycles. The van der Waals surface area contributed by atoms with Crippen molar-refractivity contribution in [3.63, 3.8) is 0 Å². The fraction of sp³-hybridized carbons (Fsp3) is 0.571. The Morgan fingerprint density at radius 2 is 1.88 bits per heavy atom. The highest BCUT2D eigenvalue weighted by atomic mass is 19.1. The molecule has 0 fully saturated rings. The molecule has 1 aromatic carbocycles. The fourth-order valence-corrected chi connectivity index (χ4v) is 1.71. The number of rotatable bonds is 4. The van der Waals surface area contributed by atoms with Gasteiger partial charge in [-0.15, -0.1) is 0 Å². The second-order valence-corrected chi connectivity index (χ2v) is 5.26. The Kier molecular flexibility index (Phi) is 4.48. The van der Waals surface area contributed by atoms with Gasteiger partial charge in [0.25, 0.3) is 0 Å². The van der Waals surface area contributed by atoms with Crippen LogP contribution in [0.3, 0.4) is 0 Å². The van der Waals surface area contributed by atoms with Crippen molar-refractivity contribution in [1.82, 2.24) is 5.32 Å². The van der Waals surface area contributed by atoms with Crippen LogP contribution in [0.25, 0.3) is 0 Å². The van der Waals surface area contributed by atoms with Crippen LogP contribution in [0, 0.1) is 5.82 Å². The number of hydrogen-bond acceptors (Lipinski definition) is 1. The second kappa shape index (κ2) is 5.44. The zero-order valence-electron chi connectivity index (χ0n) is 10.7. The van der Waals surface area contributed by atoms with E-state index in [1.165, 1.54) is 6.07 Å². The monoisotopic (exact) mass is 223 g/mol. The van der Waals surface area contributed by atoms with Gasteiger partial charge in [-0.1, -0.05) is 25.1 Å². The van der Waals surface area contributed by atoms with Gasteiger partial charge in [0, 0.05) is 12.1 Å². The van der Waals surface area contributed by atoms with E-state index in [2.05, 4.69) is 33.0 Å². The highest BCUT2D eigenvalue weighted by molar-refractivity contribution is 5.22. The molecule has 2 heteroatoms. The van der Waals surface area contributed by atoms with E-state index in [1.807, 2.05) is 12.1 Å². The quantitative estimate of drug-likeness (QED) is 0.820. The van der Waals surface area contributed by atoms with Gasteiger partial charge in [-0.25, -0.2) is 4.39 Å². The van der Waals surface area contributed by atoms with E-state index in [0.29, 0.717) is 0 Å². The summed E-state index contributed by atoms with van der Waals surface area (Å²) in [4.78, 5) is 0. The van der Waals surface area contributed by atoms with Crippen molar-refractivity contribution in [2.24, 2.45) is 0 Å². The lowest BCUT2D eigenvalue weighted by Gasteiger charge is -2.25. The molecule has 16 heavy (non-hydrogen) atoms. The van der Waals surface area contributed by atoms with Crippen LogP contribution in [-0.2, 0) is 0 Å². The number of hydrogen-bond donors (Lipinski definition) is 1. The molecule has 0 amide bonds. The van der Waals surface area contributed by atoms with Crippen LogP contribution < -0.4 is 5.32 Å². The Hall–Kier alpha value is -0.890. The summed E-state index contributed by atoms with van der Waals surface area (Å²) in [6.45, 7) is 9.30. The lowest BCUT2D eigenvalue weighted by molar-refractivity contribution is 0.398. The minimum atomic E-state index is -0.0925. The summed E-state index contributed by atoms with van der Waals surface area (Å²) >= 11 is 0. The molecule has 0 heterocycles. The molecule has 90 valence electrons. The molecule has 0 aliphatic rings. The Morgan fingerprint density at radius 1 is 1.25 bits per heavy atom. The lowest BCUT2D eigenvalue weighted by atomic mass is 9.95. The Labute approximate surface area is 98.1 Å². The van der Waals surface area contributed by atoms with E-state index < -0.39 is 0 Å². The zero-order valence-corrected chi connectivity index (χ0v) is 10.7. The molecular weight excluding hydrogens is 201 g/mol. The summed E-state index contributed by atoms with van der Waals surface area (Å²) in [6.07, 6.45) is 0.948. The molecule has 1 unspecified atom stereocenters.